The van der Waals surface area contributed by atoms with Gasteiger partial charge < -0.3 is 24.3 Å². The minimum Gasteiger partial charge on any atom is -0.493 e. The van der Waals surface area contributed by atoms with Crippen molar-refractivity contribution in [2.45, 2.75) is 32.0 Å². The zero-order chi connectivity index (χ0) is 31.8. The van der Waals surface area contributed by atoms with E-state index in [4.69, 9.17) is 18.9 Å². The molecule has 3 aromatic carbocycles. The molecule has 236 valence electrons. The number of nitrogens with one attached hydrogen (secondary N) is 1. The Morgan fingerprint density at radius 1 is 1.09 bits per heavy atom. The zero-order valence-corrected chi connectivity index (χ0v) is 25.5. The molecule has 2 saturated heterocycles. The molecule has 46 heavy (non-hydrogen) atoms. The molecule has 11 heteroatoms. The minimum absolute atomic E-state index is 0.0259. The van der Waals surface area contributed by atoms with Crippen LogP contribution in [0.15, 0.2) is 83.8 Å². The molecular weight excluding hydrogens is 591 g/mol. The Balaban J connectivity index is 1.03. The molecule has 10 nitrogen and oxygen atoms in total. The molecule has 2 unspecified atom stereocenters. The van der Waals surface area contributed by atoms with Crippen molar-refractivity contribution in [3.8, 4) is 22.9 Å². The first-order valence-corrected chi connectivity index (χ1v) is 15.2. The highest BCUT2D eigenvalue weighted by Crippen LogP contribution is 2.39. The van der Waals surface area contributed by atoms with Gasteiger partial charge in [0.05, 0.1) is 36.7 Å². The van der Waals surface area contributed by atoms with E-state index in [1.165, 1.54) is 16.8 Å². The molecular formula is C35H33FN4O6. The fourth-order valence-corrected chi connectivity index (χ4v) is 6.18. The van der Waals surface area contributed by atoms with E-state index >= 15 is 4.39 Å². The van der Waals surface area contributed by atoms with Crippen LogP contribution in [0.2, 0.25) is 0 Å². The van der Waals surface area contributed by atoms with Gasteiger partial charge in [-0.1, -0.05) is 18.2 Å². The average molecular weight is 625 g/mol. The number of hydrogen-bond donors (Lipinski definition) is 1. The Hall–Kier alpha value is -5.00. The fraction of sp³-hybridized carbons (Fsp3) is 0.286. The van der Waals surface area contributed by atoms with Crippen molar-refractivity contribution < 1.29 is 28.1 Å². The summed E-state index contributed by atoms with van der Waals surface area (Å²) in [5.74, 6) is -0.451. The maximum absolute atomic E-state index is 15.3. The van der Waals surface area contributed by atoms with Gasteiger partial charge >= 0.3 is 0 Å². The Labute approximate surface area is 264 Å². The van der Waals surface area contributed by atoms with E-state index in [1.807, 2.05) is 36.4 Å². The summed E-state index contributed by atoms with van der Waals surface area (Å²) in [5, 5.41) is 3.33. The predicted molar refractivity (Wildman–Crippen MR) is 169 cm³/mol. The molecule has 0 aliphatic carbocycles. The minimum atomic E-state index is -0.683. The van der Waals surface area contributed by atoms with Crippen LogP contribution < -0.4 is 20.3 Å². The number of ether oxygens (including phenoxy) is 4. The topological polar surface area (TPSA) is 106 Å². The van der Waals surface area contributed by atoms with Crippen molar-refractivity contribution in [1.82, 2.24) is 14.3 Å². The van der Waals surface area contributed by atoms with Crippen LogP contribution in [0.1, 0.15) is 35.3 Å². The molecule has 1 N–H and O–H groups in total. The number of halogens is 1. The molecule has 0 saturated carbocycles. The maximum atomic E-state index is 15.3. The summed E-state index contributed by atoms with van der Waals surface area (Å²) in [6.07, 6.45) is 4.36. The van der Waals surface area contributed by atoms with E-state index in [0.29, 0.717) is 47.0 Å². The number of rotatable bonds is 8. The SMILES string of the molecule is Cc1c(C(=O)Nc2ccc(Oc3ccnc4cc(OCC5COC6(CCCO6)C5)ccc34)c(F)c2)c(=O)n(-c2ccccc2)n1C. The van der Waals surface area contributed by atoms with E-state index in [1.54, 1.807) is 43.0 Å². The summed E-state index contributed by atoms with van der Waals surface area (Å²) in [5.41, 5.74) is 1.43. The molecule has 4 heterocycles. The maximum Gasteiger partial charge on any atom is 0.284 e. The van der Waals surface area contributed by atoms with E-state index in [0.717, 1.165) is 31.9 Å². The zero-order valence-electron chi connectivity index (χ0n) is 25.5. The van der Waals surface area contributed by atoms with Crippen molar-refractivity contribution in [2.24, 2.45) is 13.0 Å². The number of amides is 1. The summed E-state index contributed by atoms with van der Waals surface area (Å²) in [7, 11) is 1.70. The summed E-state index contributed by atoms with van der Waals surface area (Å²) >= 11 is 0. The quantitative estimate of drug-likeness (QED) is 0.221. The number of para-hydroxylation sites is 1. The molecule has 2 aromatic heterocycles. The molecule has 2 aliphatic rings. The van der Waals surface area contributed by atoms with Crippen molar-refractivity contribution in [3.05, 3.63) is 106 Å². The van der Waals surface area contributed by atoms with E-state index < -0.39 is 23.1 Å². The molecule has 7 rings (SSSR count). The van der Waals surface area contributed by atoms with Gasteiger partial charge in [-0.25, -0.2) is 9.07 Å². The van der Waals surface area contributed by atoms with Crippen LogP contribution in [0, 0.1) is 18.7 Å². The van der Waals surface area contributed by atoms with Gasteiger partial charge in [-0.05, 0) is 55.8 Å². The van der Waals surface area contributed by atoms with Gasteiger partial charge in [-0.3, -0.25) is 19.3 Å². The number of aromatic nitrogens is 3. The van der Waals surface area contributed by atoms with E-state index in [-0.39, 0.29) is 22.9 Å². The van der Waals surface area contributed by atoms with Crippen LogP contribution in [-0.4, -0.2) is 45.9 Å². The van der Waals surface area contributed by atoms with Crippen molar-refractivity contribution in [2.75, 3.05) is 25.1 Å². The normalized spacial score (nSPS) is 19.2. The van der Waals surface area contributed by atoms with Crippen LogP contribution in [0.25, 0.3) is 16.6 Å². The van der Waals surface area contributed by atoms with Crippen LogP contribution in [0.4, 0.5) is 10.1 Å². The van der Waals surface area contributed by atoms with E-state index in [9.17, 15) is 9.59 Å². The largest absolute Gasteiger partial charge is 0.493 e. The molecule has 5 aromatic rings. The average Bonchev–Trinajstić information content (AvgIpc) is 3.75. The van der Waals surface area contributed by atoms with Gasteiger partial charge in [-0.2, -0.15) is 0 Å². The number of carbonyl (C=O) groups excluding carboxylic acids is 1. The highest BCUT2D eigenvalue weighted by atomic mass is 19.1. The number of carbonyl (C=O) groups is 1. The number of nitrogens with zero attached hydrogens (tertiary/aromatic N) is 3. The van der Waals surface area contributed by atoms with Gasteiger partial charge in [-0.15, -0.1) is 0 Å². The lowest BCUT2D eigenvalue weighted by Crippen LogP contribution is -2.26. The first-order chi connectivity index (χ1) is 22.3. The first kappa shape index (κ1) is 29.7. The third-order valence-corrected chi connectivity index (χ3v) is 8.60. The van der Waals surface area contributed by atoms with Gasteiger partial charge in [0.1, 0.15) is 17.1 Å². The summed E-state index contributed by atoms with van der Waals surface area (Å²) in [4.78, 5) is 30.8. The van der Waals surface area contributed by atoms with Crippen LogP contribution in [-0.2, 0) is 16.5 Å². The second-order valence-electron chi connectivity index (χ2n) is 11.7. The molecule has 0 bridgehead atoms. The lowest BCUT2D eigenvalue weighted by molar-refractivity contribution is -0.178. The molecule has 1 amide bonds. The number of anilines is 1. The molecule has 0 radical (unpaired) electrons. The molecule has 2 fully saturated rings. The predicted octanol–water partition coefficient (Wildman–Crippen LogP) is 6.14. The van der Waals surface area contributed by atoms with Gasteiger partial charge in [0.2, 0.25) is 0 Å². The van der Waals surface area contributed by atoms with Crippen molar-refractivity contribution in [1.29, 1.82) is 0 Å². The third kappa shape index (κ3) is 5.63. The highest BCUT2D eigenvalue weighted by Gasteiger charge is 2.44. The smallest absolute Gasteiger partial charge is 0.284 e. The number of hydrogen-bond acceptors (Lipinski definition) is 7. The van der Waals surface area contributed by atoms with Gasteiger partial charge in [0, 0.05) is 55.2 Å². The first-order valence-electron chi connectivity index (χ1n) is 15.2. The fourth-order valence-electron chi connectivity index (χ4n) is 6.18. The number of fused-ring (bicyclic) bond motifs is 1. The summed E-state index contributed by atoms with van der Waals surface area (Å²) in [6.45, 7) is 3.55. The number of pyridine rings is 1. The Kier molecular flexibility index (Phi) is 7.79. The second-order valence-corrected chi connectivity index (χ2v) is 11.7. The van der Waals surface area contributed by atoms with Crippen molar-refractivity contribution >= 4 is 22.5 Å². The lowest BCUT2D eigenvalue weighted by atomic mass is 10.0. The van der Waals surface area contributed by atoms with Gasteiger partial charge in [0.25, 0.3) is 11.5 Å². The Morgan fingerprint density at radius 2 is 1.93 bits per heavy atom. The Morgan fingerprint density at radius 3 is 2.72 bits per heavy atom. The van der Waals surface area contributed by atoms with Gasteiger partial charge in [0.15, 0.2) is 17.4 Å². The summed E-state index contributed by atoms with van der Waals surface area (Å²) < 4.78 is 42.1. The summed E-state index contributed by atoms with van der Waals surface area (Å²) in [6, 6.07) is 20.3. The van der Waals surface area contributed by atoms with Crippen LogP contribution >= 0.6 is 0 Å². The molecule has 2 aliphatic heterocycles. The third-order valence-electron chi connectivity index (χ3n) is 8.60. The van der Waals surface area contributed by atoms with Crippen LogP contribution in [0.3, 0.4) is 0 Å². The number of benzene rings is 3. The molecule has 2 atom stereocenters. The van der Waals surface area contributed by atoms with Crippen molar-refractivity contribution in [3.63, 3.8) is 0 Å². The highest BCUT2D eigenvalue weighted by molar-refractivity contribution is 6.05. The molecule has 1 spiro atoms. The van der Waals surface area contributed by atoms with E-state index in [2.05, 4.69) is 10.3 Å². The Bertz CT molecular complexity index is 1980. The lowest BCUT2D eigenvalue weighted by Gasteiger charge is -2.21. The second kappa shape index (κ2) is 12.1. The monoisotopic (exact) mass is 624 g/mol. The van der Waals surface area contributed by atoms with Crippen LogP contribution in [0.5, 0.6) is 17.2 Å². The standard InChI is InChI=1S/C35H33FN4O6/c1-22-32(34(42)40(39(22)2)25-7-4-3-5-8-25)33(41)38-24-9-12-31(28(36)17-24)46-30-13-15-37-29-18-26(10-11-27(29)30)43-20-23-19-35(45-21-23)14-6-16-44-35/h3-5,7-13,15,17-18,23H,6,14,16,19-21H2,1-2H3,(H,38,41).